The summed E-state index contributed by atoms with van der Waals surface area (Å²) in [6, 6.07) is 4.44. The second kappa shape index (κ2) is 11.4. The average Bonchev–Trinajstić information content (AvgIpc) is 3.93. The lowest BCUT2D eigenvalue weighted by Crippen LogP contribution is -2.59. The first-order valence-electron chi connectivity index (χ1n) is 17.4. The number of hydrogen-bond acceptors (Lipinski definition) is 12. The Balaban J connectivity index is 1.18. The number of anilines is 1. The number of nitrogens with zero attached hydrogens (tertiary/aromatic N) is 9. The Morgan fingerprint density at radius 1 is 1.22 bits per heavy atom. The van der Waals surface area contributed by atoms with Crippen molar-refractivity contribution in [2.75, 3.05) is 32.5 Å². The minimum atomic E-state index is -0.464. The monoisotopic (exact) mass is 693 g/mol. The summed E-state index contributed by atoms with van der Waals surface area (Å²) < 4.78 is 15.2. The van der Waals surface area contributed by atoms with Crippen molar-refractivity contribution >= 4 is 33.3 Å². The molecular weight excluding hydrogens is 655 g/mol. The summed E-state index contributed by atoms with van der Waals surface area (Å²) in [5.41, 5.74) is 9.59. The fraction of sp³-hybridized carbons (Fsp3) is 0.514. The van der Waals surface area contributed by atoms with E-state index in [0.717, 1.165) is 74.8 Å². The first kappa shape index (κ1) is 31.3. The van der Waals surface area contributed by atoms with Gasteiger partial charge in [-0.05, 0) is 90.4 Å². The highest BCUT2D eigenvalue weighted by molar-refractivity contribution is 7.16. The molecule has 3 N–H and O–H groups in total. The van der Waals surface area contributed by atoms with Crippen molar-refractivity contribution in [2.45, 2.75) is 88.3 Å². The lowest BCUT2D eigenvalue weighted by molar-refractivity contribution is -0.0594. The van der Waals surface area contributed by atoms with Crippen LogP contribution in [0, 0.1) is 11.3 Å². The third-order valence-electron chi connectivity index (χ3n) is 11.3. The fourth-order valence-electron chi connectivity index (χ4n) is 8.80. The van der Waals surface area contributed by atoms with Gasteiger partial charge >= 0.3 is 0 Å². The summed E-state index contributed by atoms with van der Waals surface area (Å²) in [6.07, 6.45) is 11.0. The van der Waals surface area contributed by atoms with Gasteiger partial charge in [-0.3, -0.25) is 4.79 Å². The van der Waals surface area contributed by atoms with Crippen LogP contribution in [0.25, 0.3) is 28.4 Å². The number of likely N-dealkylation sites (tertiary alicyclic amines) is 1. The van der Waals surface area contributed by atoms with Crippen LogP contribution >= 0.6 is 11.3 Å². The Bertz CT molecular complexity index is 2200. The zero-order chi connectivity index (χ0) is 34.4. The number of nitrogens with one attached hydrogen (secondary N) is 1. The maximum absolute atomic E-state index is 13.2. The van der Waals surface area contributed by atoms with Crippen molar-refractivity contribution in [1.82, 2.24) is 44.9 Å². The molecule has 1 amide bonds. The summed E-state index contributed by atoms with van der Waals surface area (Å²) in [4.78, 5) is 27.0. The molecule has 0 aromatic carbocycles. The Labute approximate surface area is 292 Å². The number of amides is 1. The smallest absolute Gasteiger partial charge is 0.272 e. The summed E-state index contributed by atoms with van der Waals surface area (Å²) in [6.45, 7) is 6.11. The third-order valence-corrected chi connectivity index (χ3v) is 12.4. The number of thiophene rings is 1. The summed E-state index contributed by atoms with van der Waals surface area (Å²) in [7, 11) is 2.16. The van der Waals surface area contributed by atoms with Crippen molar-refractivity contribution in [3.05, 3.63) is 51.5 Å². The largest absolute Gasteiger partial charge is 0.389 e. The Kier molecular flexibility index (Phi) is 7.17. The minimum absolute atomic E-state index is 0.0450. The van der Waals surface area contributed by atoms with E-state index in [9.17, 15) is 10.1 Å². The van der Waals surface area contributed by atoms with Crippen molar-refractivity contribution in [2.24, 2.45) is 0 Å². The molecule has 0 bridgehead atoms. The molecule has 15 heteroatoms. The summed E-state index contributed by atoms with van der Waals surface area (Å²) in [5.74, 6) is 1.42. The SMILES string of the molecule is C[C@@H]([C@@H]1CCCN1C)n1ncc2c(-n3ccc(C(=O)NC4(C)COC4)n3)nc(-c3noc4c3CCC[C@@]43CCCc4sc(N)c(C#N)c43)nc21. The van der Waals surface area contributed by atoms with Gasteiger partial charge in [0.2, 0.25) is 0 Å². The zero-order valence-electron chi connectivity index (χ0n) is 28.4. The minimum Gasteiger partial charge on any atom is -0.389 e. The highest BCUT2D eigenvalue weighted by Gasteiger charge is 2.49. The van der Waals surface area contributed by atoms with Gasteiger partial charge in [-0.1, -0.05) is 5.16 Å². The molecule has 5 aromatic heterocycles. The van der Waals surface area contributed by atoms with E-state index in [1.807, 2.05) is 11.6 Å². The molecule has 2 aliphatic carbocycles. The van der Waals surface area contributed by atoms with E-state index < -0.39 is 11.0 Å². The van der Waals surface area contributed by atoms with E-state index in [0.29, 0.717) is 58.2 Å². The predicted octanol–water partition coefficient (Wildman–Crippen LogP) is 4.31. The van der Waals surface area contributed by atoms with Crippen LogP contribution < -0.4 is 11.1 Å². The van der Waals surface area contributed by atoms with E-state index in [2.05, 4.69) is 40.5 Å². The lowest BCUT2D eigenvalue weighted by atomic mass is 9.63. The van der Waals surface area contributed by atoms with Crippen LogP contribution in [0.15, 0.2) is 23.0 Å². The molecule has 0 saturated carbocycles. The number of carbonyl (C=O) groups excluding carboxylic acids is 1. The van der Waals surface area contributed by atoms with Crippen LogP contribution in [0.5, 0.6) is 0 Å². The van der Waals surface area contributed by atoms with E-state index in [1.165, 1.54) is 16.2 Å². The molecule has 2 fully saturated rings. The highest BCUT2D eigenvalue weighted by Crippen LogP contribution is 2.55. The van der Waals surface area contributed by atoms with Crippen molar-refractivity contribution in [3.63, 3.8) is 0 Å². The zero-order valence-corrected chi connectivity index (χ0v) is 29.2. The Hall–Kier alpha value is -4.65. The number of ether oxygens (including phenoxy) is 1. The second-order valence-electron chi connectivity index (χ2n) is 14.7. The van der Waals surface area contributed by atoms with Crippen LogP contribution in [0.3, 0.4) is 0 Å². The number of nitrogen functional groups attached to an aromatic ring is 1. The van der Waals surface area contributed by atoms with Gasteiger partial charge in [-0.2, -0.15) is 15.5 Å². The van der Waals surface area contributed by atoms with Gasteiger partial charge in [0.05, 0.1) is 47.4 Å². The van der Waals surface area contributed by atoms with E-state index in [4.69, 9.17) is 30.1 Å². The van der Waals surface area contributed by atoms with Crippen LogP contribution in [-0.2, 0) is 23.0 Å². The number of rotatable bonds is 6. The van der Waals surface area contributed by atoms with Gasteiger partial charge in [-0.25, -0.2) is 19.3 Å². The van der Waals surface area contributed by atoms with Crippen LogP contribution in [0.4, 0.5) is 5.00 Å². The molecule has 0 radical (unpaired) electrons. The lowest BCUT2D eigenvalue weighted by Gasteiger charge is -2.39. The van der Waals surface area contributed by atoms with Gasteiger partial charge in [0.1, 0.15) is 11.1 Å². The molecule has 258 valence electrons. The molecule has 7 heterocycles. The van der Waals surface area contributed by atoms with E-state index in [1.54, 1.807) is 23.1 Å². The topological polar surface area (TPSA) is 179 Å². The third kappa shape index (κ3) is 4.65. The van der Waals surface area contributed by atoms with E-state index in [-0.39, 0.29) is 17.6 Å². The quantitative estimate of drug-likeness (QED) is 0.259. The highest BCUT2D eigenvalue weighted by atomic mass is 32.1. The molecule has 14 nitrogen and oxygen atoms in total. The number of hydrogen-bond donors (Lipinski definition) is 2. The first-order chi connectivity index (χ1) is 24.2. The molecule has 4 aliphatic rings. The molecule has 2 saturated heterocycles. The predicted molar refractivity (Wildman–Crippen MR) is 185 cm³/mol. The number of fused-ring (bicyclic) bond motifs is 5. The molecule has 1 spiro atoms. The normalized spacial score (nSPS) is 23.4. The summed E-state index contributed by atoms with van der Waals surface area (Å²) >= 11 is 1.53. The maximum Gasteiger partial charge on any atom is 0.272 e. The van der Waals surface area contributed by atoms with Crippen molar-refractivity contribution < 1.29 is 14.1 Å². The summed E-state index contributed by atoms with van der Waals surface area (Å²) in [5, 5.41) is 28.7. The standard InChI is InChI=1S/C35H39N11O3S/c1-19(24-8-6-13-44(24)3)46-32-22(16-38-46)31(45-14-10-23(42-45)33(47)41-34(2)17-48-18-34)39-30(40-32)27-20-7-4-11-35(28(20)49-43-27)12-5-9-25-26(35)21(15-36)29(37)50-25/h10,14,16,19,24H,4-9,11-13,17-18,37H2,1-3H3,(H,41,47)/t19-,24-,35-/m0/s1. The Morgan fingerprint density at radius 2 is 2.04 bits per heavy atom. The van der Waals surface area contributed by atoms with Gasteiger partial charge in [0.15, 0.2) is 34.4 Å². The Morgan fingerprint density at radius 3 is 2.78 bits per heavy atom. The number of aryl methyl sites for hydroxylation is 1. The van der Waals surface area contributed by atoms with Gasteiger partial charge < -0.3 is 25.2 Å². The van der Waals surface area contributed by atoms with Gasteiger partial charge in [0, 0.05) is 22.7 Å². The maximum atomic E-state index is 13.2. The fourth-order valence-corrected chi connectivity index (χ4v) is 9.96. The van der Waals surface area contributed by atoms with Crippen LogP contribution in [0.1, 0.15) is 96.2 Å². The van der Waals surface area contributed by atoms with Crippen molar-refractivity contribution in [1.29, 1.82) is 5.26 Å². The number of aromatic nitrogens is 7. The molecule has 50 heavy (non-hydrogen) atoms. The second-order valence-corrected chi connectivity index (χ2v) is 15.8. The number of carbonyl (C=O) groups is 1. The van der Waals surface area contributed by atoms with Crippen LogP contribution in [0.2, 0.25) is 0 Å². The average molecular weight is 694 g/mol. The van der Waals surface area contributed by atoms with Gasteiger partial charge in [0.25, 0.3) is 5.91 Å². The van der Waals surface area contributed by atoms with Crippen LogP contribution in [-0.4, -0.2) is 83.9 Å². The molecular formula is C35H39N11O3S. The number of nitrogens with two attached hydrogens (primary N) is 1. The molecule has 3 atom stereocenters. The molecule has 5 aromatic rings. The molecule has 9 rings (SSSR count). The van der Waals surface area contributed by atoms with Gasteiger partial charge in [-0.15, -0.1) is 11.3 Å². The first-order valence-corrected chi connectivity index (χ1v) is 18.2. The van der Waals surface area contributed by atoms with E-state index >= 15 is 0 Å². The number of nitriles is 1. The number of likely N-dealkylation sites (N-methyl/N-ethyl adjacent to an activating group) is 1. The molecule has 0 unspecified atom stereocenters. The van der Waals surface area contributed by atoms with Crippen molar-refractivity contribution in [3.8, 4) is 23.4 Å². The molecule has 2 aliphatic heterocycles.